The number of carbonyl (C=O) groups excluding carboxylic acids is 1. The number of hydrogen-bond donors (Lipinski definition) is 3. The van der Waals surface area contributed by atoms with Gasteiger partial charge in [-0.25, -0.2) is 4.79 Å². The number of alkyl halides is 3. The molecule has 0 fully saturated rings. The summed E-state index contributed by atoms with van der Waals surface area (Å²) < 4.78 is 38.9. The maximum absolute atomic E-state index is 13.0. The van der Waals surface area contributed by atoms with Gasteiger partial charge in [-0.1, -0.05) is 53.0 Å². The third-order valence-corrected chi connectivity index (χ3v) is 4.56. The van der Waals surface area contributed by atoms with Crippen molar-refractivity contribution >= 4 is 34.9 Å². The van der Waals surface area contributed by atoms with E-state index < -0.39 is 23.4 Å². The standard InChI is InChI=1S/C18H17Cl2F3N2O2/c1-10-3-5-11(6-4-10)9-24-16(26)25-15-13(19)7-12(8-14(15)20)17(2,27)18(21,22)23/h3-8,27H,9H2,1-2H3,(H2,24,25,26)/t17-/m1/s1. The van der Waals surface area contributed by atoms with E-state index in [9.17, 15) is 23.1 Å². The molecule has 0 bridgehead atoms. The lowest BCUT2D eigenvalue weighted by molar-refractivity contribution is -0.258. The van der Waals surface area contributed by atoms with E-state index in [0.29, 0.717) is 6.92 Å². The van der Waals surface area contributed by atoms with E-state index in [2.05, 4.69) is 10.6 Å². The van der Waals surface area contributed by atoms with Crippen molar-refractivity contribution in [3.05, 3.63) is 63.1 Å². The number of urea groups is 1. The average Bonchev–Trinajstić information content (AvgIpc) is 2.56. The number of benzene rings is 2. The summed E-state index contributed by atoms with van der Waals surface area (Å²) in [6.45, 7) is 2.77. The van der Waals surface area contributed by atoms with E-state index in [0.717, 1.165) is 23.3 Å². The van der Waals surface area contributed by atoms with Crippen LogP contribution in [-0.4, -0.2) is 17.3 Å². The minimum absolute atomic E-state index is 0.0542. The molecule has 0 spiro atoms. The quantitative estimate of drug-likeness (QED) is 0.620. The van der Waals surface area contributed by atoms with Crippen molar-refractivity contribution in [3.8, 4) is 0 Å². The summed E-state index contributed by atoms with van der Waals surface area (Å²) in [5.41, 5.74) is -1.77. The zero-order valence-corrected chi connectivity index (χ0v) is 15.9. The molecule has 27 heavy (non-hydrogen) atoms. The molecular weight excluding hydrogens is 404 g/mol. The van der Waals surface area contributed by atoms with E-state index >= 15 is 0 Å². The van der Waals surface area contributed by atoms with Crippen LogP contribution in [0, 0.1) is 6.92 Å². The topological polar surface area (TPSA) is 61.4 Å². The smallest absolute Gasteiger partial charge is 0.376 e. The van der Waals surface area contributed by atoms with Crippen LogP contribution in [0.1, 0.15) is 23.6 Å². The van der Waals surface area contributed by atoms with Crippen molar-refractivity contribution in [3.63, 3.8) is 0 Å². The minimum Gasteiger partial charge on any atom is -0.376 e. The first-order valence-electron chi connectivity index (χ1n) is 7.81. The Morgan fingerprint density at radius 3 is 2.11 bits per heavy atom. The van der Waals surface area contributed by atoms with Gasteiger partial charge in [0, 0.05) is 6.54 Å². The fourth-order valence-corrected chi connectivity index (χ4v) is 2.76. The lowest BCUT2D eigenvalue weighted by Gasteiger charge is -2.27. The zero-order chi connectivity index (χ0) is 20.4. The normalized spacial score (nSPS) is 13.8. The Labute approximate surface area is 164 Å². The maximum atomic E-state index is 13.0. The summed E-state index contributed by atoms with van der Waals surface area (Å²) in [5.74, 6) is 0. The van der Waals surface area contributed by atoms with E-state index in [1.54, 1.807) is 0 Å². The zero-order valence-electron chi connectivity index (χ0n) is 14.4. The minimum atomic E-state index is -4.92. The number of hydrogen-bond acceptors (Lipinski definition) is 2. The lowest BCUT2D eigenvalue weighted by Crippen LogP contribution is -2.39. The lowest BCUT2D eigenvalue weighted by atomic mass is 9.95. The second kappa shape index (κ2) is 7.96. The number of rotatable bonds is 4. The van der Waals surface area contributed by atoms with Crippen LogP contribution in [0.3, 0.4) is 0 Å². The predicted octanol–water partition coefficient (Wildman–Crippen LogP) is 5.39. The molecule has 4 nitrogen and oxygen atoms in total. The van der Waals surface area contributed by atoms with Gasteiger partial charge in [-0.3, -0.25) is 0 Å². The van der Waals surface area contributed by atoms with Crippen LogP contribution in [0.15, 0.2) is 36.4 Å². The number of carbonyl (C=O) groups is 1. The van der Waals surface area contributed by atoms with E-state index in [4.69, 9.17) is 23.2 Å². The fourth-order valence-electron chi connectivity index (χ4n) is 2.18. The molecule has 2 aromatic carbocycles. The van der Waals surface area contributed by atoms with Crippen molar-refractivity contribution in [2.45, 2.75) is 32.2 Å². The summed E-state index contributed by atoms with van der Waals surface area (Å²) in [6.07, 6.45) is -4.92. The fraction of sp³-hybridized carbons (Fsp3) is 0.278. The first-order chi connectivity index (χ1) is 12.4. The van der Waals surface area contributed by atoms with Gasteiger partial charge in [-0.15, -0.1) is 0 Å². The second-order valence-electron chi connectivity index (χ2n) is 6.18. The van der Waals surface area contributed by atoms with E-state index in [-0.39, 0.29) is 22.3 Å². The number of nitrogens with one attached hydrogen (secondary N) is 2. The molecule has 0 radical (unpaired) electrons. The van der Waals surface area contributed by atoms with Crippen LogP contribution >= 0.6 is 23.2 Å². The number of aliphatic hydroxyl groups is 1. The van der Waals surface area contributed by atoms with Gasteiger partial charge in [-0.05, 0) is 37.1 Å². The molecule has 146 valence electrons. The van der Waals surface area contributed by atoms with Crippen LogP contribution in [0.2, 0.25) is 10.0 Å². The molecule has 3 N–H and O–H groups in total. The highest BCUT2D eigenvalue weighted by Crippen LogP contribution is 2.42. The Kier molecular flexibility index (Phi) is 6.29. The molecule has 0 heterocycles. The van der Waals surface area contributed by atoms with Crippen molar-refractivity contribution < 1.29 is 23.1 Å². The number of anilines is 1. The number of halogens is 5. The van der Waals surface area contributed by atoms with Crippen LogP contribution in [0.4, 0.5) is 23.7 Å². The van der Waals surface area contributed by atoms with Gasteiger partial charge in [0.2, 0.25) is 0 Å². The average molecular weight is 421 g/mol. The Morgan fingerprint density at radius 2 is 1.63 bits per heavy atom. The first-order valence-corrected chi connectivity index (χ1v) is 8.56. The van der Waals surface area contributed by atoms with Gasteiger partial charge in [-0.2, -0.15) is 13.2 Å². The van der Waals surface area contributed by atoms with Crippen LogP contribution < -0.4 is 10.6 Å². The molecule has 2 rings (SSSR count). The van der Waals surface area contributed by atoms with Crippen LogP contribution in [0.5, 0.6) is 0 Å². The number of aryl methyl sites for hydroxylation is 1. The van der Waals surface area contributed by atoms with Gasteiger partial charge in [0.25, 0.3) is 0 Å². The summed E-state index contributed by atoms with van der Waals surface area (Å²) in [5, 5.41) is 14.3. The van der Waals surface area contributed by atoms with Crippen LogP contribution in [-0.2, 0) is 12.1 Å². The highest BCUT2D eigenvalue weighted by Gasteiger charge is 2.51. The van der Waals surface area contributed by atoms with E-state index in [1.165, 1.54) is 0 Å². The molecule has 0 aliphatic rings. The molecule has 0 unspecified atom stereocenters. The van der Waals surface area contributed by atoms with E-state index in [1.807, 2.05) is 31.2 Å². The third kappa shape index (κ3) is 5.06. The molecule has 0 aromatic heterocycles. The predicted molar refractivity (Wildman–Crippen MR) is 99.1 cm³/mol. The molecule has 0 saturated carbocycles. The van der Waals surface area contributed by atoms with Gasteiger partial charge in [0.05, 0.1) is 15.7 Å². The Balaban J connectivity index is 2.12. The van der Waals surface area contributed by atoms with Crippen molar-refractivity contribution in [1.82, 2.24) is 5.32 Å². The van der Waals surface area contributed by atoms with Gasteiger partial charge < -0.3 is 15.7 Å². The largest absolute Gasteiger partial charge is 0.421 e. The molecule has 2 aromatic rings. The van der Waals surface area contributed by atoms with Gasteiger partial charge in [0.1, 0.15) is 0 Å². The van der Waals surface area contributed by atoms with Crippen LogP contribution in [0.25, 0.3) is 0 Å². The molecule has 1 atom stereocenters. The summed E-state index contributed by atoms with van der Waals surface area (Å²) in [7, 11) is 0. The van der Waals surface area contributed by atoms with Crippen molar-refractivity contribution in [2.75, 3.05) is 5.32 Å². The Bertz CT molecular complexity index is 814. The van der Waals surface area contributed by atoms with Crippen molar-refractivity contribution in [2.24, 2.45) is 0 Å². The molecule has 2 amide bonds. The molecule has 9 heteroatoms. The van der Waals surface area contributed by atoms with Gasteiger partial charge >= 0.3 is 12.2 Å². The SMILES string of the molecule is Cc1ccc(CNC(=O)Nc2c(Cl)cc([C@@](C)(O)C(F)(F)F)cc2Cl)cc1. The summed E-state index contributed by atoms with van der Waals surface area (Å²) >= 11 is 11.9. The highest BCUT2D eigenvalue weighted by molar-refractivity contribution is 6.39. The molecular formula is C18H17Cl2F3N2O2. The monoisotopic (exact) mass is 420 g/mol. The molecule has 0 aliphatic heterocycles. The first kappa shape index (κ1) is 21.3. The molecule has 0 saturated heterocycles. The summed E-state index contributed by atoms with van der Waals surface area (Å²) in [4.78, 5) is 12.0. The maximum Gasteiger partial charge on any atom is 0.421 e. The highest BCUT2D eigenvalue weighted by atomic mass is 35.5. The number of amides is 2. The van der Waals surface area contributed by atoms with Gasteiger partial charge in [0.15, 0.2) is 5.60 Å². The second-order valence-corrected chi connectivity index (χ2v) is 6.99. The van der Waals surface area contributed by atoms with Crippen molar-refractivity contribution in [1.29, 1.82) is 0 Å². The Hall–Kier alpha value is -1.96. The summed E-state index contributed by atoms with van der Waals surface area (Å²) in [6, 6.07) is 8.69. The Morgan fingerprint density at radius 1 is 1.11 bits per heavy atom. The molecule has 0 aliphatic carbocycles. The third-order valence-electron chi connectivity index (χ3n) is 3.97.